The molecule has 0 radical (unpaired) electrons. The minimum atomic E-state index is -4.52. The molecule has 0 spiro atoms. The summed E-state index contributed by atoms with van der Waals surface area (Å²) in [6.45, 7) is 0.107. The number of hydrogen-bond donors (Lipinski definition) is 2. The zero-order valence-corrected chi connectivity index (χ0v) is 15.4. The lowest BCUT2D eigenvalue weighted by atomic mass is 10.1. The van der Waals surface area contributed by atoms with Gasteiger partial charge in [-0.1, -0.05) is 12.1 Å². The Morgan fingerprint density at radius 3 is 2.76 bits per heavy atom. The molecular formula is C19H13F3N2O4S. The fourth-order valence-corrected chi connectivity index (χ4v) is 3.52. The number of aliphatic hydroxyl groups is 1. The smallest absolute Gasteiger partial charge is 0.416 e. The third-order valence-corrected chi connectivity index (χ3v) is 5.05. The minimum Gasteiger partial charge on any atom is -0.454 e. The number of thiazole rings is 1. The van der Waals surface area contributed by atoms with Crippen molar-refractivity contribution in [1.82, 2.24) is 4.98 Å². The Balaban J connectivity index is 1.50. The average Bonchev–Trinajstić information content (AvgIpc) is 3.36. The van der Waals surface area contributed by atoms with E-state index in [0.29, 0.717) is 17.2 Å². The van der Waals surface area contributed by atoms with E-state index in [4.69, 9.17) is 9.47 Å². The van der Waals surface area contributed by atoms with Gasteiger partial charge in [-0.3, -0.25) is 4.79 Å². The quantitative estimate of drug-likeness (QED) is 0.658. The molecular weight excluding hydrogens is 409 g/mol. The fourth-order valence-electron chi connectivity index (χ4n) is 2.71. The van der Waals surface area contributed by atoms with E-state index in [1.54, 1.807) is 18.2 Å². The van der Waals surface area contributed by atoms with Crippen LogP contribution in [0.2, 0.25) is 0 Å². The molecule has 150 valence electrons. The first kappa shape index (κ1) is 19.2. The van der Waals surface area contributed by atoms with Crippen LogP contribution in [0.4, 0.5) is 18.9 Å². The fraction of sp³-hybridized carbons (Fsp3) is 0.158. The number of amides is 1. The number of halogens is 3. The summed E-state index contributed by atoms with van der Waals surface area (Å²) >= 11 is 0.977. The van der Waals surface area contributed by atoms with Crippen LogP contribution < -0.4 is 14.8 Å². The molecule has 2 aromatic carbocycles. The standard InChI is InChI=1S/C19H13F3N2O4S/c20-19(21,22)11-3-1-2-10(6-11)16(25)18-24-13(8-29-18)17(26)23-12-4-5-14-15(7-12)28-9-27-14/h1-8,16,25H,9H2,(H,23,26). The van der Waals surface area contributed by atoms with Gasteiger partial charge in [0.2, 0.25) is 6.79 Å². The summed E-state index contributed by atoms with van der Waals surface area (Å²) in [5, 5.41) is 14.6. The van der Waals surface area contributed by atoms with E-state index in [1.807, 2.05) is 0 Å². The van der Waals surface area contributed by atoms with Gasteiger partial charge < -0.3 is 19.9 Å². The Bertz CT molecular complexity index is 1070. The maximum absolute atomic E-state index is 12.9. The Labute approximate surface area is 166 Å². The number of rotatable bonds is 4. The summed E-state index contributed by atoms with van der Waals surface area (Å²) < 4.78 is 49.1. The Hall–Kier alpha value is -3.11. The largest absolute Gasteiger partial charge is 0.454 e. The van der Waals surface area contributed by atoms with Crippen LogP contribution in [0.3, 0.4) is 0 Å². The first-order valence-electron chi connectivity index (χ1n) is 8.33. The zero-order valence-electron chi connectivity index (χ0n) is 14.6. The molecule has 1 aromatic heterocycles. The number of nitrogens with one attached hydrogen (secondary N) is 1. The third kappa shape index (κ3) is 4.03. The van der Waals surface area contributed by atoms with Crippen molar-refractivity contribution in [1.29, 1.82) is 0 Å². The lowest BCUT2D eigenvalue weighted by molar-refractivity contribution is -0.137. The summed E-state index contributed by atoms with van der Waals surface area (Å²) in [6, 6.07) is 9.25. The Kier molecular flexibility index (Phi) is 4.89. The molecule has 2 heterocycles. The van der Waals surface area contributed by atoms with Crippen LogP contribution in [0.5, 0.6) is 11.5 Å². The second kappa shape index (κ2) is 7.37. The summed E-state index contributed by atoms with van der Waals surface area (Å²) in [6.07, 6.45) is -5.90. The van der Waals surface area contributed by atoms with Crippen molar-refractivity contribution >= 4 is 22.9 Å². The molecule has 1 unspecified atom stereocenters. The summed E-state index contributed by atoms with van der Waals surface area (Å²) in [4.78, 5) is 16.5. The van der Waals surface area contributed by atoms with Gasteiger partial charge in [0.15, 0.2) is 11.5 Å². The molecule has 10 heteroatoms. The van der Waals surface area contributed by atoms with E-state index in [2.05, 4.69) is 10.3 Å². The van der Waals surface area contributed by atoms with Crippen LogP contribution in [0.25, 0.3) is 0 Å². The number of aliphatic hydroxyl groups excluding tert-OH is 1. The van der Waals surface area contributed by atoms with E-state index in [0.717, 1.165) is 23.5 Å². The average molecular weight is 422 g/mol. The lowest BCUT2D eigenvalue weighted by Gasteiger charge is -2.11. The molecule has 4 rings (SSSR count). The van der Waals surface area contributed by atoms with E-state index in [9.17, 15) is 23.1 Å². The van der Waals surface area contributed by atoms with Crippen LogP contribution in [0.1, 0.15) is 32.7 Å². The van der Waals surface area contributed by atoms with E-state index in [-0.39, 0.29) is 23.1 Å². The highest BCUT2D eigenvalue weighted by molar-refractivity contribution is 7.10. The molecule has 0 aliphatic carbocycles. The van der Waals surface area contributed by atoms with Crippen LogP contribution >= 0.6 is 11.3 Å². The van der Waals surface area contributed by atoms with Gasteiger partial charge in [0.1, 0.15) is 16.8 Å². The van der Waals surface area contributed by atoms with Crippen molar-refractivity contribution in [3.8, 4) is 11.5 Å². The predicted molar refractivity (Wildman–Crippen MR) is 98.1 cm³/mol. The maximum atomic E-state index is 12.9. The number of alkyl halides is 3. The summed E-state index contributed by atoms with van der Waals surface area (Å²) in [5.41, 5.74) is -0.329. The van der Waals surface area contributed by atoms with E-state index < -0.39 is 23.8 Å². The SMILES string of the molecule is O=C(Nc1ccc2c(c1)OCO2)c1csc(C(O)c2cccc(C(F)(F)F)c2)n1. The van der Waals surface area contributed by atoms with Gasteiger partial charge in [0.05, 0.1) is 5.56 Å². The highest BCUT2D eigenvalue weighted by atomic mass is 32.1. The molecule has 2 N–H and O–H groups in total. The second-order valence-electron chi connectivity index (χ2n) is 6.12. The topological polar surface area (TPSA) is 80.7 Å². The monoisotopic (exact) mass is 422 g/mol. The first-order valence-corrected chi connectivity index (χ1v) is 9.21. The number of ether oxygens (including phenoxy) is 2. The number of carbonyl (C=O) groups is 1. The van der Waals surface area contributed by atoms with Crippen LogP contribution in [0.15, 0.2) is 47.8 Å². The maximum Gasteiger partial charge on any atom is 0.416 e. The van der Waals surface area contributed by atoms with Gasteiger partial charge in [0.25, 0.3) is 5.91 Å². The van der Waals surface area contributed by atoms with Crippen LogP contribution in [-0.2, 0) is 6.18 Å². The van der Waals surface area contributed by atoms with Gasteiger partial charge in [-0.2, -0.15) is 13.2 Å². The van der Waals surface area contributed by atoms with Crippen molar-refractivity contribution in [2.45, 2.75) is 12.3 Å². The number of anilines is 1. The third-order valence-electron chi connectivity index (χ3n) is 4.15. The van der Waals surface area contributed by atoms with Gasteiger partial charge in [0, 0.05) is 17.1 Å². The van der Waals surface area contributed by atoms with Crippen molar-refractivity contribution in [3.63, 3.8) is 0 Å². The molecule has 0 saturated heterocycles. The molecule has 1 aliphatic heterocycles. The number of carbonyl (C=O) groups excluding carboxylic acids is 1. The number of fused-ring (bicyclic) bond motifs is 1. The van der Waals surface area contributed by atoms with E-state index in [1.165, 1.54) is 17.5 Å². The van der Waals surface area contributed by atoms with Gasteiger partial charge in [-0.15, -0.1) is 11.3 Å². The summed E-state index contributed by atoms with van der Waals surface area (Å²) in [7, 11) is 0. The van der Waals surface area contributed by atoms with Gasteiger partial charge in [-0.25, -0.2) is 4.98 Å². The molecule has 0 bridgehead atoms. The highest BCUT2D eigenvalue weighted by Crippen LogP contribution is 2.35. The molecule has 0 fully saturated rings. The van der Waals surface area contributed by atoms with Crippen molar-refractivity contribution in [2.75, 3.05) is 12.1 Å². The second-order valence-corrected chi connectivity index (χ2v) is 7.01. The Morgan fingerprint density at radius 1 is 1.17 bits per heavy atom. The molecule has 1 amide bonds. The number of hydrogen-bond acceptors (Lipinski definition) is 6. The molecule has 3 aromatic rings. The van der Waals surface area contributed by atoms with Crippen molar-refractivity contribution in [3.05, 3.63) is 69.7 Å². The molecule has 29 heavy (non-hydrogen) atoms. The molecule has 1 aliphatic rings. The highest BCUT2D eigenvalue weighted by Gasteiger charge is 2.31. The summed E-state index contributed by atoms with van der Waals surface area (Å²) in [5.74, 6) is 0.549. The number of nitrogens with zero attached hydrogens (tertiary/aromatic N) is 1. The van der Waals surface area contributed by atoms with Crippen molar-refractivity contribution < 1.29 is 32.5 Å². The first-order chi connectivity index (χ1) is 13.8. The van der Waals surface area contributed by atoms with E-state index >= 15 is 0 Å². The molecule has 1 atom stereocenters. The predicted octanol–water partition coefficient (Wildman–Crippen LogP) is 4.22. The van der Waals surface area contributed by atoms with Crippen LogP contribution in [-0.4, -0.2) is 22.8 Å². The normalized spacial score (nSPS) is 13.9. The lowest BCUT2D eigenvalue weighted by Crippen LogP contribution is -2.13. The van der Waals surface area contributed by atoms with Crippen molar-refractivity contribution in [2.24, 2.45) is 0 Å². The minimum absolute atomic E-state index is 0.0358. The number of aromatic nitrogens is 1. The van der Waals surface area contributed by atoms with Gasteiger partial charge >= 0.3 is 6.18 Å². The van der Waals surface area contributed by atoms with Crippen LogP contribution in [0, 0.1) is 0 Å². The number of benzene rings is 2. The molecule has 6 nitrogen and oxygen atoms in total. The van der Waals surface area contributed by atoms with Gasteiger partial charge in [-0.05, 0) is 29.8 Å². The molecule has 0 saturated carbocycles. The zero-order chi connectivity index (χ0) is 20.6. The Morgan fingerprint density at radius 2 is 1.97 bits per heavy atom.